The number of anilines is 2. The molecule has 3 N–H and O–H groups in total. The number of carbonyl (C=O) groups excluding carboxylic acids is 1. The van der Waals surface area contributed by atoms with E-state index >= 15 is 0 Å². The third-order valence-electron chi connectivity index (χ3n) is 7.14. The molecule has 0 saturated carbocycles. The van der Waals surface area contributed by atoms with E-state index in [9.17, 15) is 4.79 Å². The van der Waals surface area contributed by atoms with Gasteiger partial charge in [0.05, 0.1) is 25.0 Å². The van der Waals surface area contributed by atoms with Gasteiger partial charge in [-0.15, -0.1) is 0 Å². The molecule has 2 aromatic carbocycles. The Kier molecular flexibility index (Phi) is 10.1. The largest absolute Gasteiger partial charge is 0.492 e. The summed E-state index contributed by atoms with van der Waals surface area (Å²) in [6.07, 6.45) is 5.98. The Balaban J connectivity index is 1.51. The summed E-state index contributed by atoms with van der Waals surface area (Å²) in [7, 11) is 3.75. The van der Waals surface area contributed by atoms with Gasteiger partial charge in [0.2, 0.25) is 5.88 Å². The Morgan fingerprint density at radius 2 is 1.95 bits per heavy atom. The number of ether oxygens (including phenoxy) is 2. The summed E-state index contributed by atoms with van der Waals surface area (Å²) < 4.78 is 15.1. The second-order valence-corrected chi connectivity index (χ2v) is 12.1. The third kappa shape index (κ3) is 8.12. The number of hydrogen-bond acceptors (Lipinski definition) is 9. The molecule has 0 radical (unpaired) electrons. The van der Waals surface area contributed by atoms with Crippen LogP contribution in [0.1, 0.15) is 60.9 Å². The van der Waals surface area contributed by atoms with Crippen molar-refractivity contribution in [1.82, 2.24) is 20.2 Å². The highest BCUT2D eigenvalue weighted by atomic mass is 32.2. The van der Waals surface area contributed by atoms with E-state index in [0.29, 0.717) is 47.0 Å². The molecular weight excluding hydrogens is 536 g/mol. The van der Waals surface area contributed by atoms with Gasteiger partial charge in [-0.3, -0.25) is 4.79 Å². The number of benzene rings is 2. The lowest BCUT2D eigenvalue weighted by atomic mass is 9.86. The molecule has 1 fully saturated rings. The van der Waals surface area contributed by atoms with Crippen molar-refractivity contribution in [2.45, 2.75) is 58.5 Å². The first-order valence-corrected chi connectivity index (χ1v) is 15.1. The van der Waals surface area contributed by atoms with Gasteiger partial charge in [-0.05, 0) is 74.2 Å². The molecule has 2 heterocycles. The highest BCUT2D eigenvalue weighted by molar-refractivity contribution is 7.99. The molecule has 1 amide bonds. The van der Waals surface area contributed by atoms with Crippen LogP contribution < -0.4 is 24.8 Å². The lowest BCUT2D eigenvalue weighted by molar-refractivity contribution is 0.102. The number of rotatable bonds is 10. The lowest BCUT2D eigenvalue weighted by Crippen LogP contribution is -2.43. The maximum atomic E-state index is 13.5. The molecule has 1 atom stereocenters. The summed E-state index contributed by atoms with van der Waals surface area (Å²) in [4.78, 5) is 24.8. The number of nitrogens with zero attached hydrogens (tertiary/aromatic N) is 3. The highest BCUT2D eigenvalue weighted by Gasteiger charge is 2.22. The summed E-state index contributed by atoms with van der Waals surface area (Å²) in [5.74, 6) is 1.98. The number of aromatic nitrogens is 2. The SMILES string of the molecule is COc1c(NSC)cc(C(C)(C)C)cc1NC(=O)c1ccc(C)c(Oc2ccnc(CNC3CCCN(C)C3)n2)c1. The number of methoxy groups -OCH3 is 1. The van der Waals surface area contributed by atoms with Crippen molar-refractivity contribution in [1.29, 1.82) is 0 Å². The van der Waals surface area contributed by atoms with Gasteiger partial charge in [0.15, 0.2) is 5.75 Å². The van der Waals surface area contributed by atoms with Gasteiger partial charge in [0.25, 0.3) is 5.91 Å². The standard InChI is InChI=1S/C31H42N6O3S/c1-20-10-11-21(30(38)34-24-16-22(31(2,3)4)17-25(36-41-7)29(24)39-6)15-26(20)40-28-12-13-32-27(35-28)18-33-23-9-8-14-37(5)19-23/h10-13,15-17,23,33,36H,8-9,14,18-19H2,1-7H3,(H,34,38). The van der Waals surface area contributed by atoms with Gasteiger partial charge >= 0.3 is 0 Å². The average Bonchev–Trinajstić information content (AvgIpc) is 2.93. The van der Waals surface area contributed by atoms with E-state index in [-0.39, 0.29) is 11.3 Å². The van der Waals surface area contributed by atoms with Crippen molar-refractivity contribution >= 4 is 29.2 Å². The van der Waals surface area contributed by atoms with Gasteiger partial charge in [-0.1, -0.05) is 38.8 Å². The molecule has 0 bridgehead atoms. The average molecular weight is 579 g/mol. The van der Waals surface area contributed by atoms with E-state index in [1.54, 1.807) is 31.5 Å². The van der Waals surface area contributed by atoms with Crippen LogP contribution in [-0.4, -0.2) is 60.3 Å². The number of amides is 1. The van der Waals surface area contributed by atoms with E-state index in [1.165, 1.54) is 18.4 Å². The van der Waals surface area contributed by atoms with Gasteiger partial charge in [-0.25, -0.2) is 4.98 Å². The van der Waals surface area contributed by atoms with Crippen LogP contribution in [0, 0.1) is 6.92 Å². The molecule has 1 unspecified atom stereocenters. The molecule has 0 spiro atoms. The molecule has 10 heteroatoms. The maximum absolute atomic E-state index is 13.5. The van der Waals surface area contributed by atoms with E-state index in [4.69, 9.17) is 9.47 Å². The van der Waals surface area contributed by atoms with Crippen LogP contribution in [0.3, 0.4) is 0 Å². The summed E-state index contributed by atoms with van der Waals surface area (Å²) in [6, 6.07) is 11.6. The second-order valence-electron chi connectivity index (χ2n) is 11.5. The molecule has 4 rings (SSSR count). The first kappa shape index (κ1) is 30.6. The number of aryl methyl sites for hydroxylation is 1. The number of likely N-dealkylation sites (N-methyl/N-ethyl adjacent to an activating group) is 1. The molecule has 220 valence electrons. The molecule has 41 heavy (non-hydrogen) atoms. The van der Waals surface area contributed by atoms with Gasteiger partial charge in [-0.2, -0.15) is 4.98 Å². The fourth-order valence-corrected chi connectivity index (χ4v) is 5.18. The predicted octanol–water partition coefficient (Wildman–Crippen LogP) is 6.01. The highest BCUT2D eigenvalue weighted by Crippen LogP contribution is 2.40. The minimum atomic E-state index is -0.265. The normalized spacial score (nSPS) is 15.8. The molecule has 1 aliphatic rings. The minimum absolute atomic E-state index is 0.121. The molecule has 3 aromatic rings. The van der Waals surface area contributed by atoms with Crippen molar-refractivity contribution in [3.63, 3.8) is 0 Å². The summed E-state index contributed by atoms with van der Waals surface area (Å²) in [6.45, 7) is 11.1. The summed E-state index contributed by atoms with van der Waals surface area (Å²) in [5.41, 5.74) is 3.71. The fraction of sp³-hybridized carbons (Fsp3) is 0.452. The zero-order valence-corrected chi connectivity index (χ0v) is 25.9. The number of piperidine rings is 1. The Bertz CT molecular complexity index is 1360. The third-order valence-corrected chi connectivity index (χ3v) is 7.56. The van der Waals surface area contributed by atoms with Crippen LogP contribution in [0.15, 0.2) is 42.6 Å². The van der Waals surface area contributed by atoms with Crippen LogP contribution in [0.2, 0.25) is 0 Å². The van der Waals surface area contributed by atoms with Crippen LogP contribution in [0.25, 0.3) is 0 Å². The predicted molar refractivity (Wildman–Crippen MR) is 167 cm³/mol. The van der Waals surface area contributed by atoms with Gasteiger partial charge in [0, 0.05) is 36.7 Å². The van der Waals surface area contributed by atoms with E-state index in [1.807, 2.05) is 25.3 Å². The number of nitrogens with one attached hydrogen (secondary N) is 3. The number of carbonyl (C=O) groups is 1. The molecule has 1 aliphatic heterocycles. The van der Waals surface area contributed by atoms with Crippen molar-refractivity contribution < 1.29 is 14.3 Å². The Morgan fingerprint density at radius 1 is 1.17 bits per heavy atom. The van der Waals surface area contributed by atoms with Crippen molar-refractivity contribution in [2.24, 2.45) is 0 Å². The van der Waals surface area contributed by atoms with Crippen LogP contribution >= 0.6 is 11.9 Å². The first-order chi connectivity index (χ1) is 19.6. The van der Waals surface area contributed by atoms with Crippen molar-refractivity contribution in [2.75, 3.05) is 43.5 Å². The van der Waals surface area contributed by atoms with E-state index in [0.717, 1.165) is 36.3 Å². The fourth-order valence-electron chi connectivity index (χ4n) is 4.81. The monoisotopic (exact) mass is 578 g/mol. The van der Waals surface area contributed by atoms with Crippen LogP contribution in [0.5, 0.6) is 17.4 Å². The van der Waals surface area contributed by atoms with E-state index in [2.05, 4.69) is 64.1 Å². The molecule has 1 aromatic heterocycles. The van der Waals surface area contributed by atoms with Crippen LogP contribution in [-0.2, 0) is 12.0 Å². The van der Waals surface area contributed by atoms with Gasteiger partial charge in [0.1, 0.15) is 11.6 Å². The zero-order valence-electron chi connectivity index (χ0n) is 25.1. The van der Waals surface area contributed by atoms with Crippen molar-refractivity contribution in [3.05, 3.63) is 65.1 Å². The van der Waals surface area contributed by atoms with Crippen LogP contribution in [0.4, 0.5) is 11.4 Å². The van der Waals surface area contributed by atoms with Crippen molar-refractivity contribution in [3.8, 4) is 17.4 Å². The first-order valence-electron chi connectivity index (χ1n) is 13.9. The maximum Gasteiger partial charge on any atom is 0.255 e. The lowest BCUT2D eigenvalue weighted by Gasteiger charge is -2.30. The second kappa shape index (κ2) is 13.5. The smallest absolute Gasteiger partial charge is 0.255 e. The Labute approximate surface area is 248 Å². The van der Waals surface area contributed by atoms with Gasteiger partial charge < -0.3 is 29.7 Å². The molecular formula is C31H42N6O3S. The number of hydrogen-bond donors (Lipinski definition) is 3. The topological polar surface area (TPSA) is 101 Å². The quantitative estimate of drug-likeness (QED) is 0.250. The summed E-state index contributed by atoms with van der Waals surface area (Å²) in [5, 5.41) is 6.61. The van der Waals surface area contributed by atoms with E-state index < -0.39 is 0 Å². The molecule has 9 nitrogen and oxygen atoms in total. The zero-order chi connectivity index (χ0) is 29.6. The molecule has 1 saturated heterocycles. The number of likely N-dealkylation sites (tertiary alicyclic amines) is 1. The molecule has 0 aliphatic carbocycles. The Morgan fingerprint density at radius 3 is 2.66 bits per heavy atom. The minimum Gasteiger partial charge on any atom is -0.492 e. The summed E-state index contributed by atoms with van der Waals surface area (Å²) >= 11 is 1.47. The Hall–Kier alpha value is -3.34.